The topological polar surface area (TPSA) is 40.2 Å². The first-order chi connectivity index (χ1) is 9.70. The Morgan fingerprint density at radius 1 is 0.950 bits per heavy atom. The van der Waals surface area contributed by atoms with Gasteiger partial charge in [-0.05, 0) is 39.7 Å². The number of rotatable bonds is 7. The molecule has 0 aromatic carbocycles. The predicted molar refractivity (Wildman–Crippen MR) is 83.1 cm³/mol. The van der Waals surface area contributed by atoms with E-state index in [-0.39, 0.29) is 5.22 Å². The number of epoxide rings is 1. The summed E-state index contributed by atoms with van der Waals surface area (Å²) in [6, 6.07) is 1.09. The number of ether oxygens (including phenoxy) is 2. The van der Waals surface area contributed by atoms with E-state index in [1.54, 1.807) is 0 Å². The Morgan fingerprint density at radius 2 is 1.55 bits per heavy atom. The van der Waals surface area contributed by atoms with Crippen LogP contribution in [0.2, 0.25) is 6.04 Å². The van der Waals surface area contributed by atoms with E-state index < -0.39 is 8.56 Å². The van der Waals surface area contributed by atoms with Crippen LogP contribution >= 0.6 is 0 Å². The molecule has 2 aliphatic heterocycles. The number of hydrogen-bond acceptors (Lipinski definition) is 4. The highest BCUT2D eigenvalue weighted by Gasteiger charge is 2.58. The average molecular weight is 305 g/mol. The van der Waals surface area contributed by atoms with Gasteiger partial charge >= 0.3 is 8.56 Å². The summed E-state index contributed by atoms with van der Waals surface area (Å²) < 4.78 is 23.0. The first kappa shape index (κ1) is 18.1. The second kappa shape index (κ2) is 9.15. The van der Waals surface area contributed by atoms with Crippen molar-refractivity contribution in [3.8, 4) is 0 Å². The average Bonchev–Trinajstić information content (AvgIpc) is 3.31. The Labute approximate surface area is 125 Å². The summed E-state index contributed by atoms with van der Waals surface area (Å²) >= 11 is 0. The molecule has 2 fully saturated rings. The van der Waals surface area contributed by atoms with Gasteiger partial charge < -0.3 is 18.3 Å². The summed E-state index contributed by atoms with van der Waals surface area (Å²) in [5.41, 5.74) is 0. The zero-order valence-electron chi connectivity index (χ0n) is 13.7. The van der Waals surface area contributed by atoms with Gasteiger partial charge in [-0.15, -0.1) is 0 Å². The van der Waals surface area contributed by atoms with Crippen molar-refractivity contribution in [2.75, 3.05) is 33.0 Å². The predicted octanol–water partition coefficient (Wildman–Crippen LogP) is 3.43. The minimum Gasteiger partial charge on any atom is -0.393 e. The maximum atomic E-state index is 6.16. The standard InChI is InChI=1S/C13H28O3Si.C2H4O/c1-5-13(14-6-2)11-9-10-12-17(13,15-7-3)16-8-4;1-2-3-1/h5-12H2,1-4H3;1-2H2. The zero-order chi connectivity index (χ0) is 14.9. The maximum Gasteiger partial charge on any atom is 0.371 e. The second-order valence-electron chi connectivity index (χ2n) is 5.22. The highest BCUT2D eigenvalue weighted by atomic mass is 28.4. The van der Waals surface area contributed by atoms with Crippen LogP contribution in [0.3, 0.4) is 0 Å². The van der Waals surface area contributed by atoms with Gasteiger partial charge in [0.05, 0.1) is 13.2 Å². The minimum absolute atomic E-state index is 0.119. The molecule has 0 bridgehead atoms. The van der Waals surface area contributed by atoms with Crippen molar-refractivity contribution in [1.29, 1.82) is 0 Å². The lowest BCUT2D eigenvalue weighted by Gasteiger charge is -2.49. The Bertz CT molecular complexity index is 242. The van der Waals surface area contributed by atoms with E-state index in [1.165, 1.54) is 12.8 Å². The monoisotopic (exact) mass is 304 g/mol. The summed E-state index contributed by atoms with van der Waals surface area (Å²) in [4.78, 5) is 0. The van der Waals surface area contributed by atoms with Crippen molar-refractivity contribution < 1.29 is 18.3 Å². The first-order valence-electron chi connectivity index (χ1n) is 8.19. The molecule has 20 heavy (non-hydrogen) atoms. The summed E-state index contributed by atoms with van der Waals surface area (Å²) in [5, 5.41) is -0.119. The van der Waals surface area contributed by atoms with Crippen LogP contribution in [0.4, 0.5) is 0 Å². The molecule has 1 unspecified atom stereocenters. The van der Waals surface area contributed by atoms with Gasteiger partial charge in [-0.2, -0.15) is 0 Å². The quantitative estimate of drug-likeness (QED) is 0.534. The SMILES string of the molecule is C1CO1.CCOC1(CC)CCCC[Si]1(OCC)OCC. The van der Waals surface area contributed by atoms with Crippen LogP contribution in [-0.2, 0) is 18.3 Å². The highest BCUT2D eigenvalue weighted by molar-refractivity contribution is 6.70. The van der Waals surface area contributed by atoms with Crippen molar-refractivity contribution in [1.82, 2.24) is 0 Å². The Balaban J connectivity index is 0.000000584. The van der Waals surface area contributed by atoms with Gasteiger partial charge in [0, 0.05) is 19.8 Å². The normalized spacial score (nSPS) is 27.6. The molecule has 2 rings (SSSR count). The molecular weight excluding hydrogens is 272 g/mol. The molecule has 0 aromatic heterocycles. The molecule has 0 saturated carbocycles. The molecule has 4 nitrogen and oxygen atoms in total. The van der Waals surface area contributed by atoms with Crippen LogP contribution in [0.1, 0.15) is 53.4 Å². The summed E-state index contributed by atoms with van der Waals surface area (Å²) in [5.74, 6) is 0. The van der Waals surface area contributed by atoms with Gasteiger partial charge in [-0.25, -0.2) is 0 Å². The molecule has 2 heterocycles. The Morgan fingerprint density at radius 3 is 1.95 bits per heavy atom. The minimum atomic E-state index is -2.21. The van der Waals surface area contributed by atoms with Gasteiger partial charge in [0.25, 0.3) is 0 Å². The molecule has 2 aliphatic rings. The van der Waals surface area contributed by atoms with E-state index >= 15 is 0 Å². The van der Waals surface area contributed by atoms with Gasteiger partial charge in [0.2, 0.25) is 0 Å². The highest BCUT2D eigenvalue weighted by Crippen LogP contribution is 2.42. The molecule has 0 spiro atoms. The van der Waals surface area contributed by atoms with Crippen molar-refractivity contribution >= 4 is 8.56 Å². The summed E-state index contributed by atoms with van der Waals surface area (Å²) in [6.07, 6.45) is 4.57. The molecule has 2 saturated heterocycles. The van der Waals surface area contributed by atoms with E-state index in [4.69, 9.17) is 13.6 Å². The third-order valence-electron chi connectivity index (χ3n) is 3.98. The summed E-state index contributed by atoms with van der Waals surface area (Å²) in [6.45, 7) is 12.6. The molecule has 5 heteroatoms. The second-order valence-corrected chi connectivity index (χ2v) is 8.71. The van der Waals surface area contributed by atoms with Crippen molar-refractivity contribution in [3.63, 3.8) is 0 Å². The number of hydrogen-bond donors (Lipinski definition) is 0. The van der Waals surface area contributed by atoms with Crippen LogP contribution in [0.15, 0.2) is 0 Å². The molecule has 0 aromatic rings. The molecule has 1 atom stereocenters. The van der Waals surface area contributed by atoms with E-state index in [9.17, 15) is 0 Å². The van der Waals surface area contributed by atoms with E-state index in [1.807, 2.05) is 0 Å². The largest absolute Gasteiger partial charge is 0.393 e. The lowest BCUT2D eigenvalue weighted by molar-refractivity contribution is -0.0426. The van der Waals surface area contributed by atoms with Gasteiger partial charge in [-0.1, -0.05) is 19.8 Å². The van der Waals surface area contributed by atoms with Crippen molar-refractivity contribution in [3.05, 3.63) is 0 Å². The molecule has 0 amide bonds. The third kappa shape index (κ3) is 4.53. The molecule has 120 valence electrons. The van der Waals surface area contributed by atoms with E-state index in [2.05, 4.69) is 32.4 Å². The van der Waals surface area contributed by atoms with Crippen molar-refractivity contribution in [2.24, 2.45) is 0 Å². The molecule has 0 radical (unpaired) electrons. The molecular formula is C15H32O4Si. The van der Waals surface area contributed by atoms with E-state index in [0.717, 1.165) is 51.9 Å². The van der Waals surface area contributed by atoms with Crippen molar-refractivity contribution in [2.45, 2.75) is 64.6 Å². The van der Waals surface area contributed by atoms with Crippen LogP contribution in [-0.4, -0.2) is 46.8 Å². The zero-order valence-corrected chi connectivity index (χ0v) is 14.7. The van der Waals surface area contributed by atoms with E-state index in [0.29, 0.717) is 0 Å². The third-order valence-corrected chi connectivity index (χ3v) is 8.64. The lowest BCUT2D eigenvalue weighted by atomic mass is 10.1. The maximum absolute atomic E-state index is 6.16. The van der Waals surface area contributed by atoms with Gasteiger partial charge in [-0.3, -0.25) is 0 Å². The first-order valence-corrected chi connectivity index (χ1v) is 10.2. The van der Waals surface area contributed by atoms with Crippen LogP contribution in [0.25, 0.3) is 0 Å². The molecule has 0 aliphatic carbocycles. The lowest BCUT2D eigenvalue weighted by Crippen LogP contribution is -2.65. The fourth-order valence-corrected chi connectivity index (χ4v) is 7.57. The van der Waals surface area contributed by atoms with Gasteiger partial charge in [0.1, 0.15) is 5.22 Å². The van der Waals surface area contributed by atoms with Gasteiger partial charge in [0.15, 0.2) is 0 Å². The fraction of sp³-hybridized carbons (Fsp3) is 1.00. The fourth-order valence-electron chi connectivity index (χ4n) is 3.11. The Hall–Kier alpha value is 0.0569. The van der Waals surface area contributed by atoms with Crippen LogP contribution < -0.4 is 0 Å². The summed E-state index contributed by atoms with van der Waals surface area (Å²) in [7, 11) is -2.21. The smallest absolute Gasteiger partial charge is 0.371 e. The van der Waals surface area contributed by atoms with Crippen LogP contribution in [0, 0.1) is 0 Å². The van der Waals surface area contributed by atoms with Crippen LogP contribution in [0.5, 0.6) is 0 Å². The Kier molecular flexibility index (Phi) is 8.29. The molecule has 0 N–H and O–H groups in total.